The second kappa shape index (κ2) is 6.88. The van der Waals surface area contributed by atoms with Gasteiger partial charge in [0.15, 0.2) is 0 Å². The van der Waals surface area contributed by atoms with Crippen LogP contribution in [-0.4, -0.2) is 31.0 Å². The summed E-state index contributed by atoms with van der Waals surface area (Å²) in [5.41, 5.74) is 0.790. The predicted octanol–water partition coefficient (Wildman–Crippen LogP) is 2.94. The van der Waals surface area contributed by atoms with Crippen molar-refractivity contribution in [2.45, 2.75) is 44.5 Å². The molecule has 0 radical (unpaired) electrons. The van der Waals surface area contributed by atoms with E-state index in [4.69, 9.17) is 9.47 Å². The van der Waals surface area contributed by atoms with Gasteiger partial charge >= 0.3 is 0 Å². The lowest BCUT2D eigenvalue weighted by molar-refractivity contribution is -0.0402. The zero-order valence-electron chi connectivity index (χ0n) is 11.7. The number of hydrogen-bond acceptors (Lipinski definition) is 3. The van der Waals surface area contributed by atoms with E-state index >= 15 is 0 Å². The van der Waals surface area contributed by atoms with Crippen molar-refractivity contribution in [1.29, 1.82) is 0 Å². The van der Waals surface area contributed by atoms with Crippen LogP contribution in [0.2, 0.25) is 0 Å². The summed E-state index contributed by atoms with van der Waals surface area (Å²) in [5.74, 6) is 0. The highest BCUT2D eigenvalue weighted by molar-refractivity contribution is 5.18. The van der Waals surface area contributed by atoms with Gasteiger partial charge in [-0.25, -0.2) is 0 Å². The van der Waals surface area contributed by atoms with Crippen LogP contribution >= 0.6 is 0 Å². The van der Waals surface area contributed by atoms with Gasteiger partial charge in [0.1, 0.15) is 6.10 Å². The molecule has 0 fully saturated rings. The molecule has 3 heteroatoms. The highest BCUT2D eigenvalue weighted by atomic mass is 16.5. The minimum absolute atomic E-state index is 0.212. The fourth-order valence-electron chi connectivity index (χ4n) is 1.91. The van der Waals surface area contributed by atoms with Crippen molar-refractivity contribution in [2.75, 3.05) is 14.2 Å². The average Bonchev–Trinajstić information content (AvgIpc) is 2.39. The van der Waals surface area contributed by atoms with Crippen LogP contribution in [0.25, 0.3) is 0 Å². The van der Waals surface area contributed by atoms with Gasteiger partial charge in [-0.15, -0.1) is 0 Å². The molecule has 0 aliphatic rings. The minimum atomic E-state index is -0.521. The number of methoxy groups -OCH3 is 2. The molecule has 2 unspecified atom stereocenters. The lowest BCUT2D eigenvalue weighted by Gasteiger charge is -2.27. The van der Waals surface area contributed by atoms with Crippen LogP contribution in [0.4, 0.5) is 0 Å². The molecule has 1 aromatic rings. The van der Waals surface area contributed by atoms with Gasteiger partial charge in [0.25, 0.3) is 0 Å². The Hall–Kier alpha value is -0.900. The van der Waals surface area contributed by atoms with Crippen molar-refractivity contribution in [3.63, 3.8) is 0 Å². The highest BCUT2D eigenvalue weighted by Crippen LogP contribution is 2.26. The summed E-state index contributed by atoms with van der Waals surface area (Å²) in [7, 11) is 3.32. The Labute approximate surface area is 110 Å². The smallest absolute Gasteiger partial charge is 0.108 e. The van der Waals surface area contributed by atoms with E-state index in [1.165, 1.54) is 0 Å². The summed E-state index contributed by atoms with van der Waals surface area (Å²) >= 11 is 0. The van der Waals surface area contributed by atoms with Crippen LogP contribution in [-0.2, 0) is 9.47 Å². The summed E-state index contributed by atoms with van der Waals surface area (Å²) in [6, 6.07) is 9.80. The van der Waals surface area contributed by atoms with E-state index in [1.807, 2.05) is 44.2 Å². The Morgan fingerprint density at radius 1 is 1.17 bits per heavy atom. The molecular formula is C15H24O3. The molecule has 1 N–H and O–H groups in total. The molecule has 1 aromatic carbocycles. The minimum Gasteiger partial charge on any atom is -0.390 e. The molecule has 0 heterocycles. The molecular weight excluding hydrogens is 228 g/mol. The second-order valence-electron chi connectivity index (χ2n) is 5.14. The van der Waals surface area contributed by atoms with E-state index in [-0.39, 0.29) is 11.7 Å². The predicted molar refractivity (Wildman–Crippen MR) is 72.5 cm³/mol. The van der Waals surface area contributed by atoms with Gasteiger partial charge < -0.3 is 14.6 Å². The van der Waals surface area contributed by atoms with E-state index in [0.29, 0.717) is 6.42 Å². The maximum Gasteiger partial charge on any atom is 0.108 e. The van der Waals surface area contributed by atoms with Gasteiger partial charge in [-0.3, -0.25) is 0 Å². The molecule has 0 aromatic heterocycles. The first kappa shape index (κ1) is 15.2. The zero-order valence-corrected chi connectivity index (χ0v) is 11.7. The molecule has 0 amide bonds. The van der Waals surface area contributed by atoms with Crippen molar-refractivity contribution < 1.29 is 14.6 Å². The Bertz CT molecular complexity index is 335. The molecule has 0 bridgehead atoms. The maximum absolute atomic E-state index is 10.2. The third-order valence-corrected chi connectivity index (χ3v) is 3.33. The Kier molecular flexibility index (Phi) is 5.79. The Balaban J connectivity index is 2.61. The number of hydrogen-bond donors (Lipinski definition) is 1. The van der Waals surface area contributed by atoms with E-state index in [2.05, 4.69) is 0 Å². The van der Waals surface area contributed by atoms with Crippen LogP contribution in [0.1, 0.15) is 38.4 Å². The number of ether oxygens (including phenoxy) is 2. The fourth-order valence-corrected chi connectivity index (χ4v) is 1.91. The van der Waals surface area contributed by atoms with Crippen molar-refractivity contribution >= 4 is 0 Å². The quantitative estimate of drug-likeness (QED) is 0.811. The highest BCUT2D eigenvalue weighted by Gasteiger charge is 2.24. The third-order valence-electron chi connectivity index (χ3n) is 3.33. The summed E-state index contributed by atoms with van der Waals surface area (Å²) < 4.78 is 10.8. The first-order chi connectivity index (χ1) is 8.50. The van der Waals surface area contributed by atoms with E-state index in [9.17, 15) is 5.11 Å². The van der Waals surface area contributed by atoms with Crippen molar-refractivity contribution in [3.05, 3.63) is 35.9 Å². The monoisotopic (exact) mass is 252 g/mol. The second-order valence-corrected chi connectivity index (χ2v) is 5.14. The zero-order chi connectivity index (χ0) is 13.6. The lowest BCUT2D eigenvalue weighted by Crippen LogP contribution is -2.27. The molecule has 18 heavy (non-hydrogen) atoms. The molecule has 0 saturated heterocycles. The lowest BCUT2D eigenvalue weighted by atomic mass is 9.95. The summed E-state index contributed by atoms with van der Waals surface area (Å²) in [4.78, 5) is 0. The third kappa shape index (κ3) is 4.41. The molecule has 1 rings (SSSR count). The van der Waals surface area contributed by atoms with Gasteiger partial charge in [-0.1, -0.05) is 30.3 Å². The molecule has 0 aliphatic heterocycles. The van der Waals surface area contributed by atoms with Crippen molar-refractivity contribution in [2.24, 2.45) is 0 Å². The normalized spacial score (nSPS) is 15.4. The molecule has 0 saturated carbocycles. The molecule has 0 aliphatic carbocycles. The number of aliphatic hydroxyl groups is 1. The Morgan fingerprint density at radius 3 is 2.28 bits per heavy atom. The van der Waals surface area contributed by atoms with Crippen molar-refractivity contribution in [3.8, 4) is 0 Å². The van der Waals surface area contributed by atoms with Gasteiger partial charge in [-0.2, -0.15) is 0 Å². The number of benzene rings is 1. The molecule has 2 atom stereocenters. The van der Waals surface area contributed by atoms with Crippen LogP contribution in [0.15, 0.2) is 30.3 Å². The largest absolute Gasteiger partial charge is 0.390 e. The standard InChI is InChI=1S/C15H24O3/c1-15(2,18-4)11-10-13(16)14(17-3)12-8-6-5-7-9-12/h5-9,13-14,16H,10-11H2,1-4H3. The van der Waals surface area contributed by atoms with E-state index in [1.54, 1.807) is 14.2 Å². The van der Waals surface area contributed by atoms with Gasteiger partial charge in [0.05, 0.1) is 11.7 Å². The summed E-state index contributed by atoms with van der Waals surface area (Å²) in [6.45, 7) is 4.04. The first-order valence-electron chi connectivity index (χ1n) is 6.31. The Morgan fingerprint density at radius 2 is 1.78 bits per heavy atom. The molecule has 0 spiro atoms. The summed E-state index contributed by atoms with van der Waals surface area (Å²) in [5, 5.41) is 10.2. The van der Waals surface area contributed by atoms with E-state index in [0.717, 1.165) is 12.0 Å². The average molecular weight is 252 g/mol. The van der Waals surface area contributed by atoms with Crippen LogP contribution < -0.4 is 0 Å². The van der Waals surface area contributed by atoms with Crippen LogP contribution in [0, 0.1) is 0 Å². The van der Waals surface area contributed by atoms with Gasteiger partial charge in [0.2, 0.25) is 0 Å². The SMILES string of the molecule is COC(c1ccccc1)C(O)CCC(C)(C)OC. The topological polar surface area (TPSA) is 38.7 Å². The maximum atomic E-state index is 10.2. The van der Waals surface area contributed by atoms with Crippen LogP contribution in [0.5, 0.6) is 0 Å². The fraction of sp³-hybridized carbons (Fsp3) is 0.600. The van der Waals surface area contributed by atoms with Gasteiger partial charge in [0, 0.05) is 14.2 Å². The van der Waals surface area contributed by atoms with Gasteiger partial charge in [-0.05, 0) is 32.3 Å². The van der Waals surface area contributed by atoms with E-state index < -0.39 is 6.10 Å². The number of aliphatic hydroxyl groups excluding tert-OH is 1. The van der Waals surface area contributed by atoms with Crippen LogP contribution in [0.3, 0.4) is 0 Å². The molecule has 3 nitrogen and oxygen atoms in total. The molecule has 102 valence electrons. The summed E-state index contributed by atoms with van der Waals surface area (Å²) in [6.07, 6.45) is 0.636. The first-order valence-corrected chi connectivity index (χ1v) is 6.31. The van der Waals surface area contributed by atoms with Crippen molar-refractivity contribution in [1.82, 2.24) is 0 Å². The number of rotatable bonds is 7.